The number of hydrogen-bond donors (Lipinski definition) is 1. The van der Waals surface area contributed by atoms with Crippen LogP contribution in [0.3, 0.4) is 0 Å². The summed E-state index contributed by atoms with van der Waals surface area (Å²) in [5.41, 5.74) is 1.05. The first-order chi connectivity index (χ1) is 11.6. The van der Waals surface area contributed by atoms with Gasteiger partial charge in [-0.05, 0) is 49.7 Å². The largest absolute Gasteiger partial charge is 0.481 e. The van der Waals surface area contributed by atoms with Crippen LogP contribution in [-0.4, -0.2) is 24.6 Å². The molecular weight excluding hydrogens is 306 g/mol. The van der Waals surface area contributed by atoms with Gasteiger partial charge in [0.25, 0.3) is 5.91 Å². The SMILES string of the molecule is CCOC(=O)c1ccc(NC(=O)[C@H](CC)Oc2ccccc2)cc1. The predicted octanol–water partition coefficient (Wildman–Crippen LogP) is 3.66. The van der Waals surface area contributed by atoms with Gasteiger partial charge in [-0.3, -0.25) is 4.79 Å². The molecular formula is C19H21NO4. The van der Waals surface area contributed by atoms with Crippen molar-refractivity contribution in [3.05, 3.63) is 60.2 Å². The first-order valence-corrected chi connectivity index (χ1v) is 7.93. The van der Waals surface area contributed by atoms with E-state index >= 15 is 0 Å². The number of amides is 1. The van der Waals surface area contributed by atoms with Gasteiger partial charge in [0, 0.05) is 5.69 Å². The minimum absolute atomic E-state index is 0.231. The van der Waals surface area contributed by atoms with Gasteiger partial charge in [-0.25, -0.2) is 4.79 Å². The molecule has 0 saturated carbocycles. The fraction of sp³-hybridized carbons (Fsp3) is 0.263. The number of carbonyl (C=O) groups excluding carboxylic acids is 2. The molecule has 0 spiro atoms. The summed E-state index contributed by atoms with van der Waals surface area (Å²) in [6.45, 7) is 3.97. The number of nitrogens with one attached hydrogen (secondary N) is 1. The van der Waals surface area contributed by atoms with Gasteiger partial charge in [-0.1, -0.05) is 25.1 Å². The molecule has 0 aromatic heterocycles. The first kappa shape index (κ1) is 17.5. The highest BCUT2D eigenvalue weighted by atomic mass is 16.5. The van der Waals surface area contributed by atoms with Gasteiger partial charge in [-0.2, -0.15) is 0 Å². The number of para-hydroxylation sites is 1. The Morgan fingerprint density at radius 1 is 1.00 bits per heavy atom. The molecule has 0 unspecified atom stereocenters. The van der Waals surface area contributed by atoms with Crippen LogP contribution in [0.25, 0.3) is 0 Å². The summed E-state index contributed by atoms with van der Waals surface area (Å²) in [5, 5.41) is 2.80. The van der Waals surface area contributed by atoms with Gasteiger partial charge in [0.15, 0.2) is 6.10 Å². The van der Waals surface area contributed by atoms with Crippen LogP contribution in [0.4, 0.5) is 5.69 Å². The van der Waals surface area contributed by atoms with Crippen LogP contribution in [-0.2, 0) is 9.53 Å². The molecule has 24 heavy (non-hydrogen) atoms. The summed E-state index contributed by atoms with van der Waals surface area (Å²) in [7, 11) is 0. The zero-order chi connectivity index (χ0) is 17.4. The van der Waals surface area contributed by atoms with Crippen molar-refractivity contribution in [2.75, 3.05) is 11.9 Å². The average Bonchev–Trinajstić information content (AvgIpc) is 2.61. The smallest absolute Gasteiger partial charge is 0.338 e. The van der Waals surface area contributed by atoms with E-state index in [9.17, 15) is 9.59 Å². The van der Waals surface area contributed by atoms with E-state index in [0.29, 0.717) is 30.0 Å². The minimum Gasteiger partial charge on any atom is -0.481 e. The van der Waals surface area contributed by atoms with E-state index in [1.807, 2.05) is 37.3 Å². The predicted molar refractivity (Wildman–Crippen MR) is 92.2 cm³/mol. The van der Waals surface area contributed by atoms with E-state index in [0.717, 1.165) is 0 Å². The van der Waals surface area contributed by atoms with Gasteiger partial charge >= 0.3 is 5.97 Å². The van der Waals surface area contributed by atoms with Crippen LogP contribution < -0.4 is 10.1 Å². The Morgan fingerprint density at radius 3 is 2.25 bits per heavy atom. The summed E-state index contributed by atoms with van der Waals surface area (Å²) in [4.78, 5) is 23.9. The van der Waals surface area contributed by atoms with Crippen molar-refractivity contribution in [3.63, 3.8) is 0 Å². The number of esters is 1. The second kappa shape index (κ2) is 8.72. The Balaban J connectivity index is 1.98. The lowest BCUT2D eigenvalue weighted by atomic mass is 10.2. The third-order valence-electron chi connectivity index (χ3n) is 3.35. The van der Waals surface area contributed by atoms with Crippen LogP contribution in [0, 0.1) is 0 Å². The monoisotopic (exact) mass is 327 g/mol. The van der Waals surface area contributed by atoms with Crippen molar-refractivity contribution >= 4 is 17.6 Å². The van der Waals surface area contributed by atoms with Crippen LogP contribution in [0.1, 0.15) is 30.6 Å². The van der Waals surface area contributed by atoms with E-state index in [-0.39, 0.29) is 11.9 Å². The lowest BCUT2D eigenvalue weighted by molar-refractivity contribution is -0.122. The van der Waals surface area contributed by atoms with Gasteiger partial charge in [-0.15, -0.1) is 0 Å². The quantitative estimate of drug-likeness (QED) is 0.788. The summed E-state index contributed by atoms with van der Waals surface area (Å²) in [6.07, 6.45) is -0.0427. The van der Waals surface area contributed by atoms with Crippen molar-refractivity contribution < 1.29 is 19.1 Å². The van der Waals surface area contributed by atoms with E-state index in [1.54, 1.807) is 31.2 Å². The number of benzene rings is 2. The summed E-state index contributed by atoms with van der Waals surface area (Å²) in [5.74, 6) is 0.0385. The maximum Gasteiger partial charge on any atom is 0.338 e. The molecule has 2 aromatic carbocycles. The van der Waals surface area contributed by atoms with Crippen LogP contribution in [0.5, 0.6) is 5.75 Å². The minimum atomic E-state index is -0.586. The molecule has 1 amide bonds. The molecule has 0 radical (unpaired) electrons. The highest BCUT2D eigenvalue weighted by Crippen LogP contribution is 2.15. The molecule has 0 aliphatic carbocycles. The molecule has 0 bridgehead atoms. The van der Waals surface area contributed by atoms with Crippen LogP contribution in [0.2, 0.25) is 0 Å². The van der Waals surface area contributed by atoms with E-state index in [2.05, 4.69) is 5.32 Å². The van der Waals surface area contributed by atoms with Crippen LogP contribution >= 0.6 is 0 Å². The molecule has 5 heteroatoms. The molecule has 0 aliphatic heterocycles. The zero-order valence-electron chi connectivity index (χ0n) is 13.8. The number of anilines is 1. The van der Waals surface area contributed by atoms with E-state index in [1.165, 1.54) is 0 Å². The standard InChI is InChI=1S/C19H21NO4/c1-3-17(24-16-8-6-5-7-9-16)18(21)20-15-12-10-14(11-13-15)19(22)23-4-2/h5-13,17H,3-4H2,1-2H3,(H,20,21)/t17-/m0/s1. The molecule has 0 saturated heterocycles. The van der Waals surface area contributed by atoms with Crippen molar-refractivity contribution in [3.8, 4) is 5.75 Å². The van der Waals surface area contributed by atoms with Crippen molar-refractivity contribution in [1.29, 1.82) is 0 Å². The normalized spacial score (nSPS) is 11.4. The molecule has 0 fully saturated rings. The molecule has 126 valence electrons. The zero-order valence-corrected chi connectivity index (χ0v) is 13.8. The summed E-state index contributed by atoms with van der Waals surface area (Å²) >= 11 is 0. The van der Waals surface area contributed by atoms with E-state index < -0.39 is 6.10 Å². The first-order valence-electron chi connectivity index (χ1n) is 7.93. The Bertz CT molecular complexity index is 668. The molecule has 2 aromatic rings. The lowest BCUT2D eigenvalue weighted by Gasteiger charge is -2.17. The maximum absolute atomic E-state index is 12.3. The fourth-order valence-corrected chi connectivity index (χ4v) is 2.11. The molecule has 1 atom stereocenters. The molecule has 0 heterocycles. The van der Waals surface area contributed by atoms with Crippen molar-refractivity contribution in [1.82, 2.24) is 0 Å². The summed E-state index contributed by atoms with van der Waals surface area (Å²) in [6, 6.07) is 15.8. The topological polar surface area (TPSA) is 64.6 Å². The molecule has 1 N–H and O–H groups in total. The number of carbonyl (C=O) groups is 2. The maximum atomic E-state index is 12.3. The summed E-state index contributed by atoms with van der Waals surface area (Å²) < 4.78 is 10.6. The Labute approximate surface area is 141 Å². The molecule has 5 nitrogen and oxygen atoms in total. The van der Waals surface area contributed by atoms with Gasteiger partial charge in [0.2, 0.25) is 0 Å². The number of hydrogen-bond acceptors (Lipinski definition) is 4. The van der Waals surface area contributed by atoms with Gasteiger partial charge in [0.1, 0.15) is 5.75 Å². The van der Waals surface area contributed by atoms with Crippen molar-refractivity contribution in [2.24, 2.45) is 0 Å². The fourth-order valence-electron chi connectivity index (χ4n) is 2.11. The second-order valence-electron chi connectivity index (χ2n) is 5.11. The highest BCUT2D eigenvalue weighted by Gasteiger charge is 2.18. The van der Waals surface area contributed by atoms with Crippen molar-refractivity contribution in [2.45, 2.75) is 26.4 Å². The number of rotatable bonds is 7. The third-order valence-corrected chi connectivity index (χ3v) is 3.35. The second-order valence-corrected chi connectivity index (χ2v) is 5.11. The Morgan fingerprint density at radius 2 is 1.67 bits per heavy atom. The average molecular weight is 327 g/mol. The van der Waals surface area contributed by atoms with Gasteiger partial charge in [0.05, 0.1) is 12.2 Å². The lowest BCUT2D eigenvalue weighted by Crippen LogP contribution is -2.32. The van der Waals surface area contributed by atoms with Gasteiger partial charge < -0.3 is 14.8 Å². The Hall–Kier alpha value is -2.82. The molecule has 2 rings (SSSR count). The number of ether oxygens (including phenoxy) is 2. The van der Waals surface area contributed by atoms with E-state index in [4.69, 9.17) is 9.47 Å². The Kier molecular flexibility index (Phi) is 6.37. The highest BCUT2D eigenvalue weighted by molar-refractivity contribution is 5.95. The molecule has 0 aliphatic rings. The third kappa shape index (κ3) is 4.84. The van der Waals surface area contributed by atoms with Crippen LogP contribution in [0.15, 0.2) is 54.6 Å².